The average Bonchev–Trinajstić information content (AvgIpc) is 3.48. The lowest BCUT2D eigenvalue weighted by molar-refractivity contribution is -0.142. The third kappa shape index (κ3) is 13.2. The van der Waals surface area contributed by atoms with Gasteiger partial charge in [0.2, 0.25) is 47.3 Å². The van der Waals surface area contributed by atoms with E-state index in [9.17, 15) is 38.4 Å². The van der Waals surface area contributed by atoms with Crippen molar-refractivity contribution < 1.29 is 38.4 Å². The van der Waals surface area contributed by atoms with Gasteiger partial charge in [0, 0.05) is 13.5 Å². The molecule has 266 valence electrons. The van der Waals surface area contributed by atoms with Gasteiger partial charge in [-0.15, -0.1) is 0 Å². The maximum Gasteiger partial charge on any atom is 0.245 e. The molecule has 0 spiro atoms. The Kier molecular flexibility index (Phi) is 16.9. The summed E-state index contributed by atoms with van der Waals surface area (Å²) in [6, 6.07) is -5.77. The van der Waals surface area contributed by atoms with Crippen LogP contribution in [0.25, 0.3) is 0 Å². The highest BCUT2D eigenvalue weighted by atomic mass is 16.2. The fourth-order valence-electron chi connectivity index (χ4n) is 5.11. The zero-order valence-electron chi connectivity index (χ0n) is 28.9. The number of primary amides is 1. The lowest BCUT2D eigenvalue weighted by Crippen LogP contribution is -2.60. The van der Waals surface area contributed by atoms with E-state index >= 15 is 0 Å². The predicted molar refractivity (Wildman–Crippen MR) is 173 cm³/mol. The van der Waals surface area contributed by atoms with Crippen molar-refractivity contribution in [2.45, 2.75) is 124 Å². The van der Waals surface area contributed by atoms with Gasteiger partial charge in [-0.3, -0.25) is 38.4 Å². The second kappa shape index (κ2) is 19.4. The van der Waals surface area contributed by atoms with Gasteiger partial charge in [0.25, 0.3) is 0 Å². The Morgan fingerprint density at radius 2 is 1.30 bits per heavy atom. The van der Waals surface area contributed by atoms with Crippen LogP contribution >= 0.6 is 0 Å². The molecule has 16 nitrogen and oxygen atoms in total. The highest BCUT2D eigenvalue weighted by Gasteiger charge is 2.39. The Morgan fingerprint density at radius 1 is 0.745 bits per heavy atom. The normalized spacial score (nSPS) is 17.5. The minimum atomic E-state index is -1.06. The topological polar surface area (TPSA) is 238 Å². The first-order chi connectivity index (χ1) is 21.9. The number of nitrogens with two attached hydrogens (primary N) is 1. The fourth-order valence-corrected chi connectivity index (χ4v) is 5.11. The second-order valence-electron chi connectivity index (χ2n) is 12.7. The van der Waals surface area contributed by atoms with Gasteiger partial charge in [0.15, 0.2) is 0 Å². The van der Waals surface area contributed by atoms with Gasteiger partial charge in [0.1, 0.15) is 36.3 Å². The minimum Gasteiger partial charge on any atom is -0.368 e. The molecular weight excluding hydrogens is 612 g/mol. The number of nitrogens with one attached hydrogen (secondary N) is 6. The first-order valence-electron chi connectivity index (χ1n) is 16.3. The molecule has 0 bridgehead atoms. The molecule has 16 heteroatoms. The third-order valence-corrected chi connectivity index (χ3v) is 7.79. The highest BCUT2D eigenvalue weighted by molar-refractivity contribution is 5.97. The number of carbonyl (C=O) groups is 8. The molecule has 1 saturated heterocycles. The van der Waals surface area contributed by atoms with E-state index in [0.29, 0.717) is 25.7 Å². The van der Waals surface area contributed by atoms with E-state index in [2.05, 4.69) is 31.9 Å². The van der Waals surface area contributed by atoms with Crippen LogP contribution in [0.3, 0.4) is 0 Å². The highest BCUT2D eigenvalue weighted by Crippen LogP contribution is 2.20. The first-order valence-corrected chi connectivity index (χ1v) is 16.3. The van der Waals surface area contributed by atoms with Gasteiger partial charge < -0.3 is 42.5 Å². The van der Waals surface area contributed by atoms with E-state index in [1.54, 1.807) is 27.7 Å². The summed E-state index contributed by atoms with van der Waals surface area (Å²) in [7, 11) is 0. The van der Waals surface area contributed by atoms with Crippen molar-refractivity contribution in [2.24, 2.45) is 17.6 Å². The molecule has 0 aliphatic carbocycles. The Labute approximate surface area is 276 Å². The van der Waals surface area contributed by atoms with Crippen LogP contribution in [0, 0.1) is 11.8 Å². The van der Waals surface area contributed by atoms with Crippen molar-refractivity contribution in [3.8, 4) is 0 Å². The first kappa shape index (κ1) is 40.8. The number of rotatable bonds is 18. The minimum absolute atomic E-state index is 0.279. The van der Waals surface area contributed by atoms with Crippen molar-refractivity contribution in [3.05, 3.63) is 0 Å². The number of hydrogen-bond donors (Lipinski definition) is 7. The molecule has 1 rings (SSSR count). The van der Waals surface area contributed by atoms with E-state index in [1.807, 2.05) is 6.92 Å². The summed E-state index contributed by atoms with van der Waals surface area (Å²) in [6.07, 6.45) is 2.83. The van der Waals surface area contributed by atoms with Gasteiger partial charge in [-0.25, -0.2) is 0 Å². The van der Waals surface area contributed by atoms with Gasteiger partial charge in [0.05, 0.1) is 6.54 Å². The Balaban J connectivity index is 2.95. The standard InChI is InChI=1S/C31H54N8O8/c1-9-10-12-21(36-20(8)40)27(43)35-19(7)31(47)39-14-11-13-22(39)28(44)37-25(17(4)5)30(46)38-24(16(2)3)29(45)34-18(6)26(42)33-15-23(32)41/h16-19,21-22,24-25H,9-15H2,1-8H3,(H2,32,41)(H,33,42)(H,34,45)(H,35,43)(H,36,40)(H,37,44)(H,38,46)/t18-,19-,21-,22-,24-,25-/m0/s1. The van der Waals surface area contributed by atoms with Crippen LogP contribution in [0.4, 0.5) is 0 Å². The van der Waals surface area contributed by atoms with Gasteiger partial charge in [-0.2, -0.15) is 0 Å². The van der Waals surface area contributed by atoms with Crippen LogP contribution in [-0.4, -0.2) is 101 Å². The molecule has 8 amide bonds. The van der Waals surface area contributed by atoms with Crippen LogP contribution in [0.5, 0.6) is 0 Å². The number of likely N-dealkylation sites (tertiary alicyclic amines) is 1. The second-order valence-corrected chi connectivity index (χ2v) is 12.7. The molecule has 47 heavy (non-hydrogen) atoms. The molecular formula is C31H54N8O8. The molecule has 0 unspecified atom stereocenters. The Bertz CT molecular complexity index is 1160. The molecule has 1 fully saturated rings. The molecule has 1 aliphatic rings. The number of carbonyl (C=O) groups excluding carboxylic acids is 8. The molecule has 1 heterocycles. The quantitative estimate of drug-likeness (QED) is 0.0913. The molecule has 0 aromatic heterocycles. The average molecular weight is 667 g/mol. The summed E-state index contributed by atoms with van der Waals surface area (Å²) in [5, 5.41) is 15.5. The molecule has 0 aromatic carbocycles. The number of unbranched alkanes of at least 4 members (excludes halogenated alkanes) is 1. The van der Waals surface area contributed by atoms with Gasteiger partial charge >= 0.3 is 0 Å². The molecule has 8 N–H and O–H groups in total. The Morgan fingerprint density at radius 3 is 1.83 bits per heavy atom. The van der Waals surface area contributed by atoms with E-state index in [-0.39, 0.29) is 12.5 Å². The zero-order valence-corrected chi connectivity index (χ0v) is 28.9. The van der Waals surface area contributed by atoms with Crippen molar-refractivity contribution >= 4 is 47.3 Å². The maximum atomic E-state index is 13.5. The lowest BCUT2D eigenvalue weighted by atomic mass is 9.99. The molecule has 0 aromatic rings. The maximum absolute atomic E-state index is 13.5. The number of amides is 8. The number of hydrogen-bond acceptors (Lipinski definition) is 8. The van der Waals surface area contributed by atoms with E-state index < -0.39 is 96.0 Å². The summed E-state index contributed by atoms with van der Waals surface area (Å²) >= 11 is 0. The molecule has 0 radical (unpaired) electrons. The van der Waals surface area contributed by atoms with Crippen LogP contribution in [0.15, 0.2) is 0 Å². The summed E-state index contributed by atoms with van der Waals surface area (Å²) < 4.78 is 0. The van der Waals surface area contributed by atoms with Crippen LogP contribution in [-0.2, 0) is 38.4 Å². The van der Waals surface area contributed by atoms with Crippen LogP contribution in [0.2, 0.25) is 0 Å². The predicted octanol–water partition coefficient (Wildman–Crippen LogP) is -1.44. The van der Waals surface area contributed by atoms with E-state index in [4.69, 9.17) is 5.73 Å². The van der Waals surface area contributed by atoms with E-state index in [1.165, 1.54) is 25.7 Å². The lowest BCUT2D eigenvalue weighted by Gasteiger charge is -2.31. The van der Waals surface area contributed by atoms with Crippen molar-refractivity contribution in [3.63, 3.8) is 0 Å². The fraction of sp³-hybridized carbons (Fsp3) is 0.742. The SMILES string of the molecule is CCCC[C@H](NC(C)=O)C(=O)N[C@@H](C)C(=O)N1CCC[C@H]1C(=O)N[C@H](C(=O)N[C@H](C(=O)N[C@@H](C)C(=O)NCC(N)=O)C(C)C)C(C)C. The molecule has 6 atom stereocenters. The van der Waals surface area contributed by atoms with Crippen molar-refractivity contribution in [1.29, 1.82) is 0 Å². The summed E-state index contributed by atoms with van der Waals surface area (Å²) in [5.74, 6) is -5.30. The van der Waals surface area contributed by atoms with Crippen LogP contribution < -0.4 is 37.6 Å². The van der Waals surface area contributed by atoms with Gasteiger partial charge in [-0.05, 0) is 44.9 Å². The van der Waals surface area contributed by atoms with Crippen LogP contribution in [0.1, 0.15) is 87.5 Å². The van der Waals surface area contributed by atoms with Crippen molar-refractivity contribution in [2.75, 3.05) is 13.1 Å². The monoisotopic (exact) mass is 666 g/mol. The largest absolute Gasteiger partial charge is 0.368 e. The summed E-state index contributed by atoms with van der Waals surface area (Å²) in [6.45, 7) is 12.9. The smallest absolute Gasteiger partial charge is 0.245 e. The summed E-state index contributed by atoms with van der Waals surface area (Å²) in [4.78, 5) is 102. The zero-order chi connectivity index (χ0) is 36.0. The summed E-state index contributed by atoms with van der Waals surface area (Å²) in [5.41, 5.74) is 5.04. The molecule has 0 saturated carbocycles. The number of nitrogens with zero attached hydrogens (tertiary/aromatic N) is 1. The third-order valence-electron chi connectivity index (χ3n) is 7.79. The van der Waals surface area contributed by atoms with Gasteiger partial charge in [-0.1, -0.05) is 47.5 Å². The van der Waals surface area contributed by atoms with Crippen molar-refractivity contribution in [1.82, 2.24) is 36.8 Å². The van der Waals surface area contributed by atoms with E-state index in [0.717, 1.165) is 6.42 Å². The Hall–Kier alpha value is -4.24. The molecule has 1 aliphatic heterocycles.